The third kappa shape index (κ3) is 3.30. The van der Waals surface area contributed by atoms with Crippen LogP contribution in [0, 0.1) is 11.6 Å². The molecule has 2 aromatic rings. The van der Waals surface area contributed by atoms with Crippen molar-refractivity contribution < 1.29 is 8.78 Å². The van der Waals surface area contributed by atoms with Crippen LogP contribution in [-0.2, 0) is 0 Å². The highest BCUT2D eigenvalue weighted by Crippen LogP contribution is 2.23. The summed E-state index contributed by atoms with van der Waals surface area (Å²) in [6.07, 6.45) is 0. The van der Waals surface area contributed by atoms with Gasteiger partial charge in [0.2, 0.25) is 0 Å². The molecule has 0 spiro atoms. The van der Waals surface area contributed by atoms with Crippen LogP contribution in [0.1, 0.15) is 24.1 Å². The maximum atomic E-state index is 13.2. The van der Waals surface area contributed by atoms with Gasteiger partial charge in [-0.2, -0.15) is 0 Å². The molecular formula is C15H14F2N2S. The SMILES string of the molecule is CC(Nc1ccc(F)cc1C(N)=S)c1cccc(F)c1. The summed E-state index contributed by atoms with van der Waals surface area (Å²) < 4.78 is 26.4. The molecule has 0 saturated carbocycles. The highest BCUT2D eigenvalue weighted by Gasteiger charge is 2.11. The van der Waals surface area contributed by atoms with Crippen LogP contribution in [0.2, 0.25) is 0 Å². The van der Waals surface area contributed by atoms with E-state index in [4.69, 9.17) is 18.0 Å². The van der Waals surface area contributed by atoms with Gasteiger partial charge in [0.25, 0.3) is 0 Å². The first-order valence-corrected chi connectivity index (χ1v) is 6.49. The van der Waals surface area contributed by atoms with Crippen LogP contribution in [-0.4, -0.2) is 4.99 Å². The number of nitrogens with one attached hydrogen (secondary N) is 1. The van der Waals surface area contributed by atoms with Crippen LogP contribution in [0.25, 0.3) is 0 Å². The molecule has 5 heteroatoms. The minimum atomic E-state index is -0.406. The highest BCUT2D eigenvalue weighted by atomic mass is 32.1. The first-order chi connectivity index (χ1) is 9.47. The fourth-order valence-electron chi connectivity index (χ4n) is 1.94. The summed E-state index contributed by atoms with van der Waals surface area (Å²) in [7, 11) is 0. The second kappa shape index (κ2) is 5.96. The van der Waals surface area contributed by atoms with Crippen LogP contribution in [0.4, 0.5) is 14.5 Å². The lowest BCUT2D eigenvalue weighted by molar-refractivity contribution is 0.623. The van der Waals surface area contributed by atoms with Gasteiger partial charge in [-0.05, 0) is 42.8 Å². The zero-order valence-corrected chi connectivity index (χ0v) is 11.7. The van der Waals surface area contributed by atoms with Gasteiger partial charge in [-0.15, -0.1) is 0 Å². The molecule has 104 valence electrons. The molecule has 2 rings (SSSR count). The number of halogens is 2. The molecule has 2 nitrogen and oxygen atoms in total. The second-order valence-electron chi connectivity index (χ2n) is 4.48. The third-order valence-electron chi connectivity index (χ3n) is 2.97. The zero-order valence-electron chi connectivity index (χ0n) is 10.9. The van der Waals surface area contributed by atoms with Crippen LogP contribution in [0.3, 0.4) is 0 Å². The fourth-order valence-corrected chi connectivity index (χ4v) is 2.11. The van der Waals surface area contributed by atoms with Crippen molar-refractivity contribution >= 4 is 22.9 Å². The standard InChI is InChI=1S/C15H14F2N2S/c1-9(10-3-2-4-11(16)7-10)19-14-6-5-12(17)8-13(14)15(18)20/h2-9,19H,1H3,(H2,18,20). The van der Waals surface area contributed by atoms with Crippen molar-refractivity contribution in [2.45, 2.75) is 13.0 Å². The number of hydrogen-bond acceptors (Lipinski definition) is 2. The van der Waals surface area contributed by atoms with Crippen molar-refractivity contribution in [3.63, 3.8) is 0 Å². The lowest BCUT2D eigenvalue weighted by Crippen LogP contribution is -2.15. The summed E-state index contributed by atoms with van der Waals surface area (Å²) >= 11 is 4.91. The predicted octanol–water partition coefficient (Wildman–Crippen LogP) is 3.77. The second-order valence-corrected chi connectivity index (χ2v) is 4.92. The van der Waals surface area contributed by atoms with Gasteiger partial charge in [0, 0.05) is 17.3 Å². The number of benzene rings is 2. The summed E-state index contributed by atoms with van der Waals surface area (Å²) in [5.74, 6) is -0.707. The molecule has 0 fully saturated rings. The Morgan fingerprint density at radius 1 is 1.15 bits per heavy atom. The van der Waals surface area contributed by atoms with Gasteiger partial charge in [-0.1, -0.05) is 24.4 Å². The number of anilines is 1. The fraction of sp³-hybridized carbons (Fsp3) is 0.133. The average molecular weight is 292 g/mol. The first-order valence-electron chi connectivity index (χ1n) is 6.08. The van der Waals surface area contributed by atoms with Gasteiger partial charge >= 0.3 is 0 Å². The van der Waals surface area contributed by atoms with E-state index in [0.29, 0.717) is 11.3 Å². The van der Waals surface area contributed by atoms with Crippen molar-refractivity contribution in [2.75, 3.05) is 5.32 Å². The molecule has 1 unspecified atom stereocenters. The van der Waals surface area contributed by atoms with E-state index in [-0.39, 0.29) is 16.8 Å². The normalized spacial score (nSPS) is 11.9. The van der Waals surface area contributed by atoms with Gasteiger partial charge < -0.3 is 11.1 Å². The zero-order chi connectivity index (χ0) is 14.7. The smallest absolute Gasteiger partial charge is 0.124 e. The monoisotopic (exact) mass is 292 g/mol. The molecule has 0 aliphatic heterocycles. The third-order valence-corrected chi connectivity index (χ3v) is 3.19. The molecular weight excluding hydrogens is 278 g/mol. The molecule has 0 saturated heterocycles. The van der Waals surface area contributed by atoms with Crippen molar-refractivity contribution in [3.05, 3.63) is 65.2 Å². The number of rotatable bonds is 4. The molecule has 0 aliphatic carbocycles. The van der Waals surface area contributed by atoms with Crippen molar-refractivity contribution in [1.82, 2.24) is 0 Å². The Balaban J connectivity index is 2.28. The summed E-state index contributed by atoms with van der Waals surface area (Å²) in [4.78, 5) is 0.110. The van der Waals surface area contributed by atoms with Gasteiger partial charge in [0.1, 0.15) is 16.6 Å². The number of hydrogen-bond donors (Lipinski definition) is 2. The summed E-state index contributed by atoms with van der Waals surface area (Å²) in [5.41, 5.74) is 7.42. The maximum Gasteiger partial charge on any atom is 0.124 e. The largest absolute Gasteiger partial charge is 0.389 e. The van der Waals surface area contributed by atoms with Gasteiger partial charge in [-0.3, -0.25) is 0 Å². The van der Waals surface area contributed by atoms with Crippen molar-refractivity contribution in [3.8, 4) is 0 Å². The molecule has 0 aliphatic rings. The minimum Gasteiger partial charge on any atom is -0.389 e. The van der Waals surface area contributed by atoms with E-state index >= 15 is 0 Å². The molecule has 0 radical (unpaired) electrons. The molecule has 1 atom stereocenters. The van der Waals surface area contributed by atoms with E-state index in [0.717, 1.165) is 5.56 Å². The van der Waals surface area contributed by atoms with Crippen LogP contribution in [0.15, 0.2) is 42.5 Å². The van der Waals surface area contributed by atoms with Gasteiger partial charge in [-0.25, -0.2) is 8.78 Å². The summed E-state index contributed by atoms with van der Waals surface area (Å²) in [6.45, 7) is 1.88. The Morgan fingerprint density at radius 3 is 2.50 bits per heavy atom. The van der Waals surface area contributed by atoms with Crippen LogP contribution in [0.5, 0.6) is 0 Å². The van der Waals surface area contributed by atoms with E-state index < -0.39 is 5.82 Å². The lowest BCUT2D eigenvalue weighted by Gasteiger charge is -2.18. The highest BCUT2D eigenvalue weighted by molar-refractivity contribution is 7.80. The molecule has 0 heterocycles. The summed E-state index contributed by atoms with van der Waals surface area (Å²) in [5, 5.41) is 3.16. The molecule has 0 bridgehead atoms. The van der Waals surface area contributed by atoms with Crippen LogP contribution < -0.4 is 11.1 Å². The van der Waals surface area contributed by atoms with E-state index in [1.165, 1.54) is 24.3 Å². The lowest BCUT2D eigenvalue weighted by atomic mass is 10.1. The summed E-state index contributed by atoms with van der Waals surface area (Å²) in [6, 6.07) is 10.3. The van der Waals surface area contributed by atoms with Crippen molar-refractivity contribution in [2.24, 2.45) is 5.73 Å². The average Bonchev–Trinajstić information content (AvgIpc) is 2.40. The molecule has 0 amide bonds. The maximum absolute atomic E-state index is 13.2. The molecule has 20 heavy (non-hydrogen) atoms. The van der Waals surface area contributed by atoms with Gasteiger partial charge in [0.05, 0.1) is 0 Å². The Bertz CT molecular complexity index is 644. The quantitative estimate of drug-likeness (QED) is 0.842. The predicted molar refractivity (Wildman–Crippen MR) is 80.7 cm³/mol. The van der Waals surface area contributed by atoms with Crippen molar-refractivity contribution in [1.29, 1.82) is 0 Å². The van der Waals surface area contributed by atoms with Crippen LogP contribution >= 0.6 is 12.2 Å². The topological polar surface area (TPSA) is 38.0 Å². The molecule has 3 N–H and O–H groups in total. The number of nitrogens with two attached hydrogens (primary N) is 1. The Labute approximate surface area is 121 Å². The molecule has 0 aromatic heterocycles. The van der Waals surface area contributed by atoms with E-state index in [2.05, 4.69) is 5.32 Å². The van der Waals surface area contributed by atoms with Gasteiger partial charge in [0.15, 0.2) is 0 Å². The Morgan fingerprint density at radius 2 is 1.85 bits per heavy atom. The Hall–Kier alpha value is -2.01. The Kier molecular flexibility index (Phi) is 4.29. The van der Waals surface area contributed by atoms with E-state index in [9.17, 15) is 8.78 Å². The molecule has 2 aromatic carbocycles. The first kappa shape index (κ1) is 14.4. The minimum absolute atomic E-state index is 0.110. The van der Waals surface area contributed by atoms with E-state index in [1.54, 1.807) is 12.1 Å². The number of thiocarbonyl (C=S) groups is 1. The van der Waals surface area contributed by atoms with E-state index in [1.807, 2.05) is 13.0 Å².